The van der Waals surface area contributed by atoms with Crippen LogP contribution in [0.1, 0.15) is 30.1 Å². The predicted octanol–water partition coefficient (Wildman–Crippen LogP) is 3.62. The number of carbonyl (C=O) groups excluding carboxylic acids is 1. The zero-order valence-electron chi connectivity index (χ0n) is 11.0. The lowest BCUT2D eigenvalue weighted by Gasteiger charge is -2.14. The molecule has 0 aliphatic heterocycles. The van der Waals surface area contributed by atoms with Gasteiger partial charge in [0.25, 0.3) is 0 Å². The van der Waals surface area contributed by atoms with Crippen LogP contribution in [0.4, 0.5) is 13.2 Å². The van der Waals surface area contributed by atoms with E-state index in [1.54, 1.807) is 0 Å². The molecular formula is C12H13F3O4S2. The summed E-state index contributed by atoms with van der Waals surface area (Å²) in [6.07, 6.45) is 1.92. The molecule has 4 nitrogen and oxygen atoms in total. The topological polar surface area (TPSA) is 60.4 Å². The highest BCUT2D eigenvalue weighted by Gasteiger charge is 2.49. The Balaban J connectivity index is 3.17. The number of carbonyl (C=O) groups is 1. The highest BCUT2D eigenvalue weighted by Crippen LogP contribution is 2.36. The second-order valence-electron chi connectivity index (χ2n) is 3.98. The summed E-state index contributed by atoms with van der Waals surface area (Å²) in [7, 11) is -5.81. The van der Waals surface area contributed by atoms with Crippen LogP contribution in [0, 0.1) is 0 Å². The Bertz CT molecular complexity index is 597. The van der Waals surface area contributed by atoms with Crippen LogP contribution in [0.5, 0.6) is 5.75 Å². The Morgan fingerprint density at radius 3 is 2.52 bits per heavy atom. The maximum Gasteiger partial charge on any atom is 0.534 e. The van der Waals surface area contributed by atoms with E-state index in [2.05, 4.69) is 4.18 Å². The van der Waals surface area contributed by atoms with Crippen LogP contribution in [0.2, 0.25) is 0 Å². The van der Waals surface area contributed by atoms with E-state index in [0.29, 0.717) is 5.75 Å². The molecule has 0 saturated heterocycles. The van der Waals surface area contributed by atoms with Crippen LogP contribution in [-0.4, -0.2) is 26.0 Å². The molecule has 0 amide bonds. The van der Waals surface area contributed by atoms with Crippen molar-refractivity contribution in [2.75, 3.05) is 5.75 Å². The van der Waals surface area contributed by atoms with E-state index in [9.17, 15) is 26.4 Å². The van der Waals surface area contributed by atoms with Gasteiger partial charge in [0.15, 0.2) is 12.0 Å². The van der Waals surface area contributed by atoms with E-state index in [4.69, 9.17) is 0 Å². The van der Waals surface area contributed by atoms with Gasteiger partial charge in [-0.3, -0.25) is 4.79 Å². The number of aldehydes is 1. The van der Waals surface area contributed by atoms with Crippen molar-refractivity contribution in [1.29, 1.82) is 0 Å². The van der Waals surface area contributed by atoms with Gasteiger partial charge < -0.3 is 4.18 Å². The lowest BCUT2D eigenvalue weighted by Crippen LogP contribution is -2.28. The van der Waals surface area contributed by atoms with Gasteiger partial charge in [0.2, 0.25) is 0 Å². The first-order chi connectivity index (χ1) is 9.73. The van der Waals surface area contributed by atoms with Gasteiger partial charge in [0.05, 0.1) is 10.5 Å². The van der Waals surface area contributed by atoms with Crippen molar-refractivity contribution in [2.24, 2.45) is 0 Å². The van der Waals surface area contributed by atoms with Crippen molar-refractivity contribution in [3.63, 3.8) is 0 Å². The van der Waals surface area contributed by atoms with Crippen molar-refractivity contribution >= 4 is 28.2 Å². The number of benzene rings is 1. The first kappa shape index (κ1) is 17.8. The zero-order chi connectivity index (χ0) is 16.1. The third-order valence-corrected chi connectivity index (χ3v) is 4.45. The van der Waals surface area contributed by atoms with Crippen LogP contribution in [0.15, 0.2) is 23.1 Å². The number of thioether (sulfide) groups is 1. The number of unbranched alkanes of at least 4 members (excludes halogenated alkanes) is 1. The van der Waals surface area contributed by atoms with Gasteiger partial charge in [-0.15, -0.1) is 11.8 Å². The lowest BCUT2D eigenvalue weighted by atomic mass is 10.2. The fourth-order valence-corrected chi connectivity index (χ4v) is 2.98. The lowest BCUT2D eigenvalue weighted by molar-refractivity contribution is -0.0501. The van der Waals surface area contributed by atoms with E-state index in [1.807, 2.05) is 6.92 Å². The second-order valence-corrected chi connectivity index (χ2v) is 6.65. The number of rotatable bonds is 7. The van der Waals surface area contributed by atoms with Gasteiger partial charge in [0, 0.05) is 0 Å². The Kier molecular flexibility index (Phi) is 6.09. The molecule has 0 unspecified atom stereocenters. The average Bonchev–Trinajstić information content (AvgIpc) is 2.39. The molecule has 0 atom stereocenters. The smallest absolute Gasteiger partial charge is 0.374 e. The Labute approximate surface area is 124 Å². The molecule has 1 aromatic carbocycles. The summed E-state index contributed by atoms with van der Waals surface area (Å²) in [5.74, 6) is -0.00717. The standard InChI is InChI=1S/C12H13F3O4S2/c1-2-3-7-20-10-6-4-5-9(8-16)11(10)19-21(17,18)12(13,14)15/h4-6,8H,2-3,7H2,1H3. The SMILES string of the molecule is CCCCSc1cccc(C=O)c1OS(=O)(=O)C(F)(F)F. The molecule has 118 valence electrons. The molecular weight excluding hydrogens is 329 g/mol. The fraction of sp³-hybridized carbons (Fsp3) is 0.417. The molecule has 0 heterocycles. The second kappa shape index (κ2) is 7.17. The first-order valence-corrected chi connectivity index (χ1v) is 8.34. The minimum atomic E-state index is -5.81. The maximum atomic E-state index is 12.4. The van der Waals surface area contributed by atoms with Crippen LogP contribution in [0.3, 0.4) is 0 Å². The summed E-state index contributed by atoms with van der Waals surface area (Å²) >= 11 is 1.14. The van der Waals surface area contributed by atoms with Crippen molar-refractivity contribution in [3.8, 4) is 5.75 Å². The van der Waals surface area contributed by atoms with Crippen LogP contribution < -0.4 is 4.18 Å². The number of alkyl halides is 3. The summed E-state index contributed by atoms with van der Waals surface area (Å²) in [6.45, 7) is 1.94. The van der Waals surface area contributed by atoms with E-state index in [-0.39, 0.29) is 16.7 Å². The molecule has 9 heteroatoms. The van der Waals surface area contributed by atoms with E-state index >= 15 is 0 Å². The van der Waals surface area contributed by atoms with Gasteiger partial charge in [-0.1, -0.05) is 19.4 Å². The molecule has 0 aliphatic carbocycles. The summed E-state index contributed by atoms with van der Waals surface area (Å²) in [5, 5.41) is 0. The molecule has 1 aromatic rings. The average molecular weight is 342 g/mol. The van der Waals surface area contributed by atoms with Crippen molar-refractivity contribution < 1.29 is 30.6 Å². The maximum absolute atomic E-state index is 12.4. The molecule has 1 rings (SSSR count). The molecule has 0 N–H and O–H groups in total. The molecule has 0 bridgehead atoms. The number of hydrogen-bond acceptors (Lipinski definition) is 5. The zero-order valence-corrected chi connectivity index (χ0v) is 12.6. The summed E-state index contributed by atoms with van der Waals surface area (Å²) in [6, 6.07) is 4.05. The Morgan fingerprint density at radius 2 is 2.00 bits per heavy atom. The van der Waals surface area contributed by atoms with Crippen LogP contribution in [0.25, 0.3) is 0 Å². The summed E-state index contributed by atoms with van der Waals surface area (Å²) in [4.78, 5) is 11.1. The summed E-state index contributed by atoms with van der Waals surface area (Å²) in [5.41, 5.74) is -5.79. The van der Waals surface area contributed by atoms with E-state index in [1.165, 1.54) is 18.2 Å². The largest absolute Gasteiger partial charge is 0.534 e. The van der Waals surface area contributed by atoms with Crippen molar-refractivity contribution in [3.05, 3.63) is 23.8 Å². The van der Waals surface area contributed by atoms with Crippen LogP contribution >= 0.6 is 11.8 Å². The molecule has 0 saturated carbocycles. The molecule has 0 fully saturated rings. The predicted molar refractivity (Wildman–Crippen MR) is 73.1 cm³/mol. The number of hydrogen-bond donors (Lipinski definition) is 0. The molecule has 21 heavy (non-hydrogen) atoms. The molecule has 0 radical (unpaired) electrons. The van der Waals surface area contributed by atoms with Gasteiger partial charge >= 0.3 is 15.6 Å². The Hall–Kier alpha value is -1.22. The number of halogens is 3. The quantitative estimate of drug-likeness (QED) is 0.249. The van der Waals surface area contributed by atoms with Gasteiger partial charge in [0.1, 0.15) is 0 Å². The van der Waals surface area contributed by atoms with E-state index in [0.717, 1.165) is 24.6 Å². The molecule has 0 aromatic heterocycles. The summed E-state index contributed by atoms with van der Waals surface area (Å²) < 4.78 is 63.5. The molecule has 0 aliphatic rings. The van der Waals surface area contributed by atoms with Gasteiger partial charge in [-0.25, -0.2) is 0 Å². The minimum absolute atomic E-state index is 0.181. The van der Waals surface area contributed by atoms with Crippen LogP contribution in [-0.2, 0) is 10.1 Å². The number of para-hydroxylation sites is 1. The van der Waals surface area contributed by atoms with E-state index < -0.39 is 21.4 Å². The third kappa shape index (κ3) is 4.63. The highest BCUT2D eigenvalue weighted by molar-refractivity contribution is 7.99. The fourth-order valence-electron chi connectivity index (χ4n) is 1.31. The van der Waals surface area contributed by atoms with Gasteiger partial charge in [-0.05, 0) is 24.3 Å². The first-order valence-electron chi connectivity index (χ1n) is 5.94. The molecule has 0 spiro atoms. The third-order valence-electron chi connectivity index (χ3n) is 2.37. The monoisotopic (exact) mass is 342 g/mol. The normalized spacial score (nSPS) is 12.2. The van der Waals surface area contributed by atoms with Crippen molar-refractivity contribution in [1.82, 2.24) is 0 Å². The minimum Gasteiger partial charge on any atom is -0.374 e. The Morgan fingerprint density at radius 1 is 1.33 bits per heavy atom. The van der Waals surface area contributed by atoms with Crippen molar-refractivity contribution in [2.45, 2.75) is 30.2 Å². The highest BCUT2D eigenvalue weighted by atomic mass is 32.2. The van der Waals surface area contributed by atoms with Gasteiger partial charge in [-0.2, -0.15) is 21.6 Å².